The molecule has 0 N–H and O–H groups in total. The number of anilines is 6. The van der Waals surface area contributed by atoms with Gasteiger partial charge in [-0.1, -0.05) is 127 Å². The molecule has 10 rings (SSSR count). The van der Waals surface area contributed by atoms with Crippen molar-refractivity contribution in [2.24, 2.45) is 0 Å². The molecule has 0 amide bonds. The van der Waals surface area contributed by atoms with Gasteiger partial charge in [-0.3, -0.25) is 0 Å². The molecule has 0 bridgehead atoms. The van der Waals surface area contributed by atoms with Crippen molar-refractivity contribution < 1.29 is 0 Å². The summed E-state index contributed by atoms with van der Waals surface area (Å²) in [6.07, 6.45) is 0. The highest BCUT2D eigenvalue weighted by atomic mass is 15.2. The first-order valence-corrected chi connectivity index (χ1v) is 16.4. The number of hydrogen-bond donors (Lipinski definition) is 0. The van der Waals surface area contributed by atoms with E-state index < -0.39 is 0 Å². The first-order chi connectivity index (χ1) is 23.4. The lowest BCUT2D eigenvalue weighted by Gasteiger charge is -2.51. The summed E-state index contributed by atoms with van der Waals surface area (Å²) in [7, 11) is 0. The predicted octanol–water partition coefficient (Wildman–Crippen LogP) is 8.28. The summed E-state index contributed by atoms with van der Waals surface area (Å²) in [5, 5.41) is 0. The fraction of sp³-hybridized carbons (Fsp3) is 0. The lowest BCUT2D eigenvalue weighted by Crippen LogP contribution is -2.66. The van der Waals surface area contributed by atoms with Crippen LogP contribution in [0.1, 0.15) is 0 Å². The molecule has 3 aliphatic rings. The summed E-state index contributed by atoms with van der Waals surface area (Å²) >= 11 is 0. The summed E-state index contributed by atoms with van der Waals surface area (Å²) in [4.78, 5) is 7.68. The van der Waals surface area contributed by atoms with E-state index in [9.17, 15) is 0 Å². The quantitative estimate of drug-likeness (QED) is 0.189. The number of nitrogens with zero attached hydrogens (tertiary/aromatic N) is 3. The Morgan fingerprint density at radius 2 is 0.830 bits per heavy atom. The molecule has 218 valence electrons. The van der Waals surface area contributed by atoms with Gasteiger partial charge in [0.05, 0.1) is 0 Å². The minimum atomic E-state index is -0.0953. The molecular formula is C42H29B2N3. The van der Waals surface area contributed by atoms with Crippen LogP contribution in [0, 0.1) is 0 Å². The molecule has 0 fully saturated rings. The largest absolute Gasteiger partial charge is 0.421 e. The van der Waals surface area contributed by atoms with E-state index in [0.717, 1.165) is 0 Å². The standard InChI is InChI=1S/C42H29B2N3/c1-5-16-30(17-6-1)43-36-29-28-35-34-24-13-14-25-37(34)46(32-20-9-3-10-21-32)44-42(35)40(36)41-38(45(43)31-18-7-2-8-19-31)26-15-27-39(41)47(44)33-22-11-4-12-23-33/h1-29H. The summed E-state index contributed by atoms with van der Waals surface area (Å²) in [6.45, 7) is -0.0879. The van der Waals surface area contributed by atoms with Gasteiger partial charge in [0.2, 0.25) is 0 Å². The fourth-order valence-corrected chi connectivity index (χ4v) is 8.24. The smallest absolute Gasteiger partial charge is 0.376 e. The van der Waals surface area contributed by atoms with E-state index in [0.29, 0.717) is 0 Å². The molecule has 0 atom stereocenters. The topological polar surface area (TPSA) is 9.72 Å². The van der Waals surface area contributed by atoms with Crippen LogP contribution in [0.15, 0.2) is 176 Å². The molecule has 0 aliphatic carbocycles. The molecule has 0 unspecified atom stereocenters. The molecule has 3 aliphatic heterocycles. The molecular weight excluding hydrogens is 568 g/mol. The van der Waals surface area contributed by atoms with Gasteiger partial charge >= 0.3 is 13.8 Å². The van der Waals surface area contributed by atoms with Crippen LogP contribution in [0.5, 0.6) is 0 Å². The monoisotopic (exact) mass is 597 g/mol. The highest BCUT2D eigenvalue weighted by molar-refractivity contribution is 6.94. The second-order valence-corrected chi connectivity index (χ2v) is 12.5. The molecule has 3 heterocycles. The van der Waals surface area contributed by atoms with Gasteiger partial charge in [-0.05, 0) is 76.6 Å². The van der Waals surface area contributed by atoms with Crippen LogP contribution >= 0.6 is 0 Å². The maximum atomic E-state index is 2.57. The van der Waals surface area contributed by atoms with Crippen molar-refractivity contribution in [1.82, 2.24) is 0 Å². The molecule has 0 aromatic heterocycles. The van der Waals surface area contributed by atoms with Gasteiger partial charge < -0.3 is 14.4 Å². The maximum absolute atomic E-state index is 2.57. The van der Waals surface area contributed by atoms with E-state index in [1.54, 1.807) is 0 Å². The number of fused-ring (bicyclic) bond motifs is 2. The van der Waals surface area contributed by atoms with E-state index in [2.05, 4.69) is 190 Å². The van der Waals surface area contributed by atoms with Gasteiger partial charge in [-0.2, -0.15) is 0 Å². The zero-order valence-electron chi connectivity index (χ0n) is 25.7. The maximum Gasteiger partial charge on any atom is 0.421 e. The van der Waals surface area contributed by atoms with Crippen molar-refractivity contribution in [3.63, 3.8) is 0 Å². The van der Waals surface area contributed by atoms with Crippen LogP contribution in [-0.2, 0) is 0 Å². The first kappa shape index (κ1) is 26.3. The minimum absolute atomic E-state index is 0.00733. The van der Waals surface area contributed by atoms with E-state index in [1.165, 1.54) is 72.8 Å². The van der Waals surface area contributed by atoms with Crippen molar-refractivity contribution >= 4 is 64.3 Å². The average molecular weight is 597 g/mol. The normalized spacial score (nSPS) is 13.7. The summed E-state index contributed by atoms with van der Waals surface area (Å²) < 4.78 is 0. The molecule has 47 heavy (non-hydrogen) atoms. The third kappa shape index (κ3) is 3.77. The minimum Gasteiger partial charge on any atom is -0.376 e. The molecule has 0 radical (unpaired) electrons. The van der Waals surface area contributed by atoms with Crippen LogP contribution in [0.3, 0.4) is 0 Å². The lowest BCUT2D eigenvalue weighted by atomic mass is 9.42. The fourth-order valence-electron chi connectivity index (χ4n) is 8.24. The van der Waals surface area contributed by atoms with Crippen LogP contribution in [0.4, 0.5) is 34.1 Å². The van der Waals surface area contributed by atoms with Crippen molar-refractivity contribution in [2.75, 3.05) is 14.4 Å². The van der Waals surface area contributed by atoms with Gasteiger partial charge in [0.25, 0.3) is 0 Å². The van der Waals surface area contributed by atoms with Gasteiger partial charge in [0.15, 0.2) is 0 Å². The molecule has 0 saturated heterocycles. The van der Waals surface area contributed by atoms with Crippen LogP contribution in [0.2, 0.25) is 0 Å². The van der Waals surface area contributed by atoms with Gasteiger partial charge in [-0.25, -0.2) is 0 Å². The Kier molecular flexibility index (Phi) is 5.76. The van der Waals surface area contributed by atoms with Crippen molar-refractivity contribution in [1.29, 1.82) is 0 Å². The Bertz CT molecular complexity index is 2280. The van der Waals surface area contributed by atoms with Gasteiger partial charge in [-0.15, -0.1) is 0 Å². The molecule has 3 nitrogen and oxygen atoms in total. The van der Waals surface area contributed by atoms with E-state index in [1.807, 2.05) is 0 Å². The molecule has 5 heteroatoms. The molecule has 0 saturated carbocycles. The third-order valence-corrected chi connectivity index (χ3v) is 10.0. The summed E-state index contributed by atoms with van der Waals surface area (Å²) in [6, 6.07) is 64.3. The average Bonchev–Trinajstić information content (AvgIpc) is 3.15. The molecule has 7 aromatic carbocycles. The zero-order chi connectivity index (χ0) is 30.9. The Labute approximate surface area is 276 Å². The van der Waals surface area contributed by atoms with E-state index in [4.69, 9.17) is 0 Å². The van der Waals surface area contributed by atoms with Crippen molar-refractivity contribution in [3.8, 4) is 22.3 Å². The highest BCUT2D eigenvalue weighted by Crippen LogP contribution is 2.53. The van der Waals surface area contributed by atoms with Gasteiger partial charge in [0, 0.05) is 45.3 Å². The number of para-hydroxylation sites is 4. The highest BCUT2D eigenvalue weighted by Gasteiger charge is 2.51. The SMILES string of the molecule is c1ccc(B2c3ccc4c5c3-c3c(cccc3N(c3ccccc3)B5N(c3ccccc3)c3ccccc3-4)N2c2ccccc2)cc1. The second kappa shape index (κ2) is 10.3. The number of benzene rings is 7. The Balaban J connectivity index is 1.37. The Morgan fingerprint density at radius 1 is 0.340 bits per heavy atom. The van der Waals surface area contributed by atoms with Crippen LogP contribution < -0.4 is 30.8 Å². The van der Waals surface area contributed by atoms with E-state index in [-0.39, 0.29) is 13.8 Å². The Hall–Kier alpha value is -5.93. The predicted molar refractivity (Wildman–Crippen MR) is 200 cm³/mol. The van der Waals surface area contributed by atoms with E-state index >= 15 is 0 Å². The first-order valence-electron chi connectivity index (χ1n) is 16.4. The lowest BCUT2D eigenvalue weighted by molar-refractivity contribution is 1.25. The van der Waals surface area contributed by atoms with Crippen LogP contribution in [0.25, 0.3) is 22.3 Å². The summed E-state index contributed by atoms with van der Waals surface area (Å²) in [5.41, 5.74) is 16.4. The third-order valence-electron chi connectivity index (χ3n) is 10.0. The van der Waals surface area contributed by atoms with Crippen molar-refractivity contribution in [2.45, 2.75) is 0 Å². The van der Waals surface area contributed by atoms with Gasteiger partial charge in [0.1, 0.15) is 0 Å². The molecule has 0 spiro atoms. The zero-order valence-corrected chi connectivity index (χ0v) is 25.7. The van der Waals surface area contributed by atoms with Crippen molar-refractivity contribution in [3.05, 3.63) is 176 Å². The molecule has 7 aromatic rings. The Morgan fingerprint density at radius 3 is 1.47 bits per heavy atom. The summed E-state index contributed by atoms with van der Waals surface area (Å²) in [5.74, 6) is 0. The van der Waals surface area contributed by atoms with Crippen LogP contribution in [-0.4, -0.2) is 13.8 Å². The second-order valence-electron chi connectivity index (χ2n) is 12.5. The number of hydrogen-bond acceptors (Lipinski definition) is 3. The number of rotatable bonds is 4.